The molecule has 2 unspecified atom stereocenters. The van der Waals surface area contributed by atoms with Gasteiger partial charge in [-0.1, -0.05) is 39.0 Å². The van der Waals surface area contributed by atoms with Crippen molar-refractivity contribution in [2.75, 3.05) is 13.7 Å². The number of allylic oxidation sites excluding steroid dienone is 1. The van der Waals surface area contributed by atoms with Crippen LogP contribution in [0.2, 0.25) is 0 Å². The van der Waals surface area contributed by atoms with Crippen LogP contribution in [0.4, 0.5) is 4.79 Å². The molecular formula is C27H35NO7. The SMILES string of the molecule is CCCOc1ccc(CCC(C)C(=O)c2c(O)cc(C(C)CC/C=C/NC(=O)OC)oc2=O)cc1. The van der Waals surface area contributed by atoms with E-state index in [1.807, 2.05) is 38.1 Å². The third kappa shape index (κ3) is 8.63. The van der Waals surface area contributed by atoms with E-state index >= 15 is 0 Å². The van der Waals surface area contributed by atoms with Gasteiger partial charge in [-0.3, -0.25) is 10.1 Å². The molecule has 2 N–H and O–H groups in total. The highest BCUT2D eigenvalue weighted by atomic mass is 16.5. The number of Topliss-reactive ketones (excluding diaryl/α,β-unsaturated/α-hetero) is 1. The van der Waals surface area contributed by atoms with Crippen LogP contribution in [0.3, 0.4) is 0 Å². The van der Waals surface area contributed by atoms with E-state index in [2.05, 4.69) is 10.1 Å². The molecule has 2 atom stereocenters. The Morgan fingerprint density at radius 3 is 2.51 bits per heavy atom. The first-order chi connectivity index (χ1) is 16.8. The summed E-state index contributed by atoms with van der Waals surface area (Å²) in [6.07, 6.45) is 5.98. The molecule has 2 rings (SSSR count). The van der Waals surface area contributed by atoms with E-state index in [0.717, 1.165) is 17.7 Å². The summed E-state index contributed by atoms with van der Waals surface area (Å²) in [4.78, 5) is 36.5. The summed E-state index contributed by atoms with van der Waals surface area (Å²) < 4.78 is 15.4. The molecule has 1 aromatic carbocycles. The van der Waals surface area contributed by atoms with Crippen LogP contribution >= 0.6 is 0 Å². The maximum absolute atomic E-state index is 12.9. The number of hydrogen-bond donors (Lipinski definition) is 2. The van der Waals surface area contributed by atoms with Gasteiger partial charge in [-0.15, -0.1) is 0 Å². The third-order valence-electron chi connectivity index (χ3n) is 5.66. The van der Waals surface area contributed by atoms with Crippen LogP contribution in [-0.4, -0.2) is 30.7 Å². The van der Waals surface area contributed by atoms with E-state index < -0.39 is 23.4 Å². The van der Waals surface area contributed by atoms with E-state index in [4.69, 9.17) is 9.15 Å². The molecule has 0 bridgehead atoms. The first-order valence-electron chi connectivity index (χ1n) is 11.9. The number of methoxy groups -OCH3 is 1. The summed E-state index contributed by atoms with van der Waals surface area (Å²) in [5.41, 5.74) is -0.0762. The Balaban J connectivity index is 1.95. The number of aryl methyl sites for hydroxylation is 1. The number of carbonyl (C=O) groups excluding carboxylic acids is 2. The van der Waals surface area contributed by atoms with Crippen LogP contribution in [-0.2, 0) is 11.2 Å². The van der Waals surface area contributed by atoms with E-state index in [-0.39, 0.29) is 17.2 Å². The van der Waals surface area contributed by atoms with Crippen molar-refractivity contribution in [3.63, 3.8) is 0 Å². The van der Waals surface area contributed by atoms with Gasteiger partial charge in [0.25, 0.3) is 0 Å². The van der Waals surface area contributed by atoms with Crippen molar-refractivity contribution < 1.29 is 28.6 Å². The van der Waals surface area contributed by atoms with Crippen molar-refractivity contribution in [2.24, 2.45) is 5.92 Å². The molecule has 0 aliphatic carbocycles. The minimum absolute atomic E-state index is 0.178. The van der Waals surface area contributed by atoms with Crippen molar-refractivity contribution in [3.05, 3.63) is 69.9 Å². The van der Waals surface area contributed by atoms with Crippen LogP contribution in [0.5, 0.6) is 11.5 Å². The van der Waals surface area contributed by atoms with Gasteiger partial charge < -0.3 is 19.0 Å². The molecule has 0 aliphatic rings. The third-order valence-corrected chi connectivity index (χ3v) is 5.66. The van der Waals surface area contributed by atoms with Crippen molar-refractivity contribution in [2.45, 2.75) is 58.8 Å². The number of benzene rings is 1. The molecule has 0 spiro atoms. The normalized spacial score (nSPS) is 12.8. The standard InChI is InChI=1S/C27H35NO7/c1-5-16-34-21-13-11-20(12-14-21)10-9-19(3)25(30)24-22(29)17-23(35-26(24)31)18(2)8-6-7-15-28-27(32)33-4/h7,11-15,17-19,29H,5-6,8-10,16H2,1-4H3,(H,28,32)/b15-7+. The minimum atomic E-state index is -0.830. The summed E-state index contributed by atoms with van der Waals surface area (Å²) in [7, 11) is 1.28. The number of nitrogens with one attached hydrogen (secondary N) is 1. The molecule has 35 heavy (non-hydrogen) atoms. The number of aromatic hydroxyl groups is 1. The highest BCUT2D eigenvalue weighted by Gasteiger charge is 2.25. The van der Waals surface area contributed by atoms with Crippen molar-refractivity contribution >= 4 is 11.9 Å². The van der Waals surface area contributed by atoms with Crippen LogP contribution in [0.25, 0.3) is 0 Å². The van der Waals surface area contributed by atoms with Gasteiger partial charge in [-0.2, -0.15) is 0 Å². The number of carbonyl (C=O) groups is 2. The van der Waals surface area contributed by atoms with Gasteiger partial charge in [0, 0.05) is 24.1 Å². The molecule has 1 heterocycles. The predicted molar refractivity (Wildman–Crippen MR) is 133 cm³/mol. The smallest absolute Gasteiger partial charge is 0.410 e. The predicted octanol–water partition coefficient (Wildman–Crippen LogP) is 5.34. The molecule has 1 amide bonds. The molecule has 190 valence electrons. The van der Waals surface area contributed by atoms with Gasteiger partial charge in [0.05, 0.1) is 13.7 Å². The molecule has 0 fully saturated rings. The Bertz CT molecular complexity index is 1060. The first kappa shape index (κ1) is 27.7. The zero-order valence-corrected chi connectivity index (χ0v) is 20.8. The topological polar surface area (TPSA) is 115 Å². The second-order valence-corrected chi connectivity index (χ2v) is 8.51. The zero-order valence-electron chi connectivity index (χ0n) is 20.8. The number of ether oxygens (including phenoxy) is 2. The number of rotatable bonds is 13. The Hall–Kier alpha value is -3.55. The molecular weight excluding hydrogens is 450 g/mol. The molecule has 1 aromatic heterocycles. The summed E-state index contributed by atoms with van der Waals surface area (Å²) in [5, 5.41) is 12.9. The Kier molecular flexibility index (Phi) is 11.1. The largest absolute Gasteiger partial charge is 0.507 e. The fourth-order valence-electron chi connectivity index (χ4n) is 3.46. The van der Waals surface area contributed by atoms with Gasteiger partial charge in [-0.25, -0.2) is 9.59 Å². The molecule has 0 saturated heterocycles. The summed E-state index contributed by atoms with van der Waals surface area (Å²) >= 11 is 0. The van der Waals surface area contributed by atoms with Crippen LogP contribution in [0, 0.1) is 5.92 Å². The Morgan fingerprint density at radius 2 is 1.89 bits per heavy atom. The Labute approximate surface area is 205 Å². The summed E-state index contributed by atoms with van der Waals surface area (Å²) in [5.74, 6) is -0.324. The quantitative estimate of drug-likeness (QED) is 0.368. The minimum Gasteiger partial charge on any atom is -0.507 e. The van der Waals surface area contributed by atoms with Crippen molar-refractivity contribution in [1.82, 2.24) is 5.32 Å². The molecule has 0 aliphatic heterocycles. The Morgan fingerprint density at radius 1 is 1.17 bits per heavy atom. The van der Waals surface area contributed by atoms with Crippen molar-refractivity contribution in [3.8, 4) is 11.5 Å². The molecule has 0 radical (unpaired) electrons. The maximum Gasteiger partial charge on any atom is 0.410 e. The summed E-state index contributed by atoms with van der Waals surface area (Å²) in [6.45, 7) is 6.31. The van der Waals surface area contributed by atoms with Crippen LogP contribution < -0.4 is 15.7 Å². The maximum atomic E-state index is 12.9. The second-order valence-electron chi connectivity index (χ2n) is 8.51. The second kappa shape index (κ2) is 14.0. The summed E-state index contributed by atoms with van der Waals surface area (Å²) in [6, 6.07) is 9.08. The van der Waals surface area contributed by atoms with Gasteiger partial charge in [0.1, 0.15) is 22.8 Å². The van der Waals surface area contributed by atoms with E-state index in [1.165, 1.54) is 19.4 Å². The lowest BCUT2D eigenvalue weighted by Crippen LogP contribution is -2.21. The van der Waals surface area contributed by atoms with E-state index in [9.17, 15) is 19.5 Å². The van der Waals surface area contributed by atoms with Gasteiger partial charge >= 0.3 is 11.7 Å². The lowest BCUT2D eigenvalue weighted by atomic mass is 9.93. The number of alkyl carbamates (subject to hydrolysis) is 1. The van der Waals surface area contributed by atoms with E-state index in [0.29, 0.717) is 38.1 Å². The lowest BCUT2D eigenvalue weighted by Gasteiger charge is -2.13. The lowest BCUT2D eigenvalue weighted by molar-refractivity contribution is 0.0916. The van der Waals surface area contributed by atoms with Crippen molar-refractivity contribution in [1.29, 1.82) is 0 Å². The highest BCUT2D eigenvalue weighted by molar-refractivity contribution is 5.99. The molecule has 0 saturated carbocycles. The van der Waals surface area contributed by atoms with Gasteiger partial charge in [0.2, 0.25) is 0 Å². The van der Waals surface area contributed by atoms with Gasteiger partial charge in [0.15, 0.2) is 5.78 Å². The van der Waals surface area contributed by atoms with Gasteiger partial charge in [-0.05, 0) is 49.8 Å². The number of hydrogen-bond acceptors (Lipinski definition) is 7. The number of amides is 1. The number of ketones is 1. The average Bonchev–Trinajstić information content (AvgIpc) is 2.85. The molecule has 8 nitrogen and oxygen atoms in total. The first-order valence-corrected chi connectivity index (χ1v) is 11.9. The van der Waals surface area contributed by atoms with Crippen LogP contribution in [0.15, 0.2) is 51.8 Å². The monoisotopic (exact) mass is 485 g/mol. The molecule has 2 aromatic rings. The zero-order chi connectivity index (χ0) is 25.8. The average molecular weight is 486 g/mol. The fraction of sp³-hybridized carbons (Fsp3) is 0.444. The van der Waals surface area contributed by atoms with E-state index in [1.54, 1.807) is 13.0 Å². The highest BCUT2D eigenvalue weighted by Crippen LogP contribution is 2.27. The molecule has 8 heteroatoms. The van der Waals surface area contributed by atoms with Crippen LogP contribution in [0.1, 0.15) is 74.1 Å². The fourth-order valence-corrected chi connectivity index (χ4v) is 3.46.